The summed E-state index contributed by atoms with van der Waals surface area (Å²) in [5.74, 6) is 0.685. The van der Waals surface area contributed by atoms with E-state index in [0.29, 0.717) is 51.3 Å². The van der Waals surface area contributed by atoms with Gasteiger partial charge in [-0.25, -0.2) is 4.98 Å². The number of hydrogen-bond acceptors (Lipinski definition) is 6. The first-order chi connectivity index (χ1) is 16.2. The van der Waals surface area contributed by atoms with E-state index < -0.39 is 5.60 Å². The van der Waals surface area contributed by atoms with Gasteiger partial charge < -0.3 is 19.8 Å². The van der Waals surface area contributed by atoms with E-state index in [1.807, 2.05) is 35.2 Å². The van der Waals surface area contributed by atoms with Crippen LogP contribution in [0.5, 0.6) is 0 Å². The van der Waals surface area contributed by atoms with E-state index in [4.69, 9.17) is 0 Å². The third-order valence-corrected chi connectivity index (χ3v) is 7.01. The van der Waals surface area contributed by atoms with E-state index in [1.165, 1.54) is 17.0 Å². The molecule has 2 saturated heterocycles. The minimum absolute atomic E-state index is 0.00833. The lowest BCUT2D eigenvalue weighted by Gasteiger charge is -2.38. The van der Waals surface area contributed by atoms with Crippen molar-refractivity contribution in [1.82, 2.24) is 19.4 Å². The molecule has 2 aliphatic rings. The topological polar surface area (TPSA) is 99.0 Å². The summed E-state index contributed by atoms with van der Waals surface area (Å²) in [6.45, 7) is 4.50. The monoisotopic (exact) mass is 467 g/mol. The van der Waals surface area contributed by atoms with Crippen LogP contribution in [0.3, 0.4) is 0 Å². The average molecular weight is 468 g/mol. The Bertz CT molecular complexity index is 1080. The lowest BCUT2D eigenvalue weighted by molar-refractivity contribution is -0.136. The quantitative estimate of drug-likeness (QED) is 0.682. The van der Waals surface area contributed by atoms with Crippen LogP contribution < -0.4 is 10.5 Å². The van der Waals surface area contributed by atoms with Crippen LogP contribution in [-0.2, 0) is 16.1 Å². The number of rotatable bonds is 6. The Kier molecular flexibility index (Phi) is 7.02. The fourth-order valence-electron chi connectivity index (χ4n) is 4.60. The summed E-state index contributed by atoms with van der Waals surface area (Å²) in [5.41, 5.74) is -0.195. The van der Waals surface area contributed by atoms with Crippen molar-refractivity contribution >= 4 is 17.6 Å². The molecule has 2 aliphatic heterocycles. The van der Waals surface area contributed by atoms with Gasteiger partial charge in [0.15, 0.2) is 0 Å². The summed E-state index contributed by atoms with van der Waals surface area (Å²) in [6, 6.07) is 11.4. The molecule has 1 atom stereocenters. The van der Waals surface area contributed by atoms with Gasteiger partial charge in [-0.2, -0.15) is 0 Å². The highest BCUT2D eigenvalue weighted by Gasteiger charge is 2.35. The van der Waals surface area contributed by atoms with Gasteiger partial charge in [-0.15, -0.1) is 0 Å². The van der Waals surface area contributed by atoms with Gasteiger partial charge in [-0.1, -0.05) is 37.3 Å². The number of aliphatic hydroxyl groups is 1. The summed E-state index contributed by atoms with van der Waals surface area (Å²) < 4.78 is 1.41. The molecule has 2 amide bonds. The van der Waals surface area contributed by atoms with Crippen LogP contribution in [0.1, 0.15) is 37.7 Å². The van der Waals surface area contributed by atoms with E-state index >= 15 is 0 Å². The normalized spacial score (nSPS) is 19.3. The highest BCUT2D eigenvalue weighted by molar-refractivity contribution is 5.82. The van der Waals surface area contributed by atoms with Crippen molar-refractivity contribution in [3.63, 3.8) is 0 Å². The largest absolute Gasteiger partial charge is 0.388 e. The van der Waals surface area contributed by atoms with Gasteiger partial charge >= 0.3 is 0 Å². The molecule has 1 N–H and O–H groups in total. The van der Waals surface area contributed by atoms with Crippen molar-refractivity contribution in [2.24, 2.45) is 0 Å². The van der Waals surface area contributed by atoms with Crippen LogP contribution in [0.15, 0.2) is 47.5 Å². The van der Waals surface area contributed by atoms with Crippen LogP contribution in [0.25, 0.3) is 0 Å². The highest BCUT2D eigenvalue weighted by Crippen LogP contribution is 2.26. The van der Waals surface area contributed by atoms with E-state index in [1.54, 1.807) is 16.8 Å². The van der Waals surface area contributed by atoms with Gasteiger partial charge in [0.25, 0.3) is 5.56 Å². The summed E-state index contributed by atoms with van der Waals surface area (Å²) in [5, 5.41) is 11.1. The second-order valence-electron chi connectivity index (χ2n) is 9.57. The number of piperazine rings is 1. The Balaban J connectivity index is 1.32. The fraction of sp³-hybridized carbons (Fsp3) is 0.520. The molecule has 0 aliphatic carbocycles. The van der Waals surface area contributed by atoms with Crippen molar-refractivity contribution < 1.29 is 14.7 Å². The number of amides is 2. The van der Waals surface area contributed by atoms with Crippen LogP contribution in [-0.4, -0.2) is 81.6 Å². The second-order valence-corrected chi connectivity index (χ2v) is 9.57. The first-order valence-corrected chi connectivity index (χ1v) is 11.8. The number of likely N-dealkylation sites (N-methyl/N-ethyl adjacent to an activating group) is 1. The molecule has 0 saturated carbocycles. The summed E-state index contributed by atoms with van der Waals surface area (Å²) >= 11 is 0. The van der Waals surface area contributed by atoms with Gasteiger partial charge in [0, 0.05) is 45.7 Å². The molecule has 0 radical (unpaired) electrons. The lowest BCUT2D eigenvalue weighted by atomic mass is 9.90. The van der Waals surface area contributed by atoms with Crippen molar-refractivity contribution in [3.05, 3.63) is 58.6 Å². The zero-order valence-corrected chi connectivity index (χ0v) is 19.9. The summed E-state index contributed by atoms with van der Waals surface area (Å²) in [6.07, 6.45) is 2.68. The van der Waals surface area contributed by atoms with E-state index in [2.05, 4.69) is 11.9 Å². The minimum Gasteiger partial charge on any atom is -0.388 e. The summed E-state index contributed by atoms with van der Waals surface area (Å²) in [7, 11) is 1.76. The molecule has 9 heteroatoms. The third kappa shape index (κ3) is 5.47. The zero-order valence-electron chi connectivity index (χ0n) is 19.9. The maximum absolute atomic E-state index is 12.8. The molecule has 0 spiro atoms. The van der Waals surface area contributed by atoms with Crippen LogP contribution in [0.2, 0.25) is 0 Å². The number of nitrogens with zero attached hydrogens (tertiary/aromatic N) is 5. The maximum Gasteiger partial charge on any atom is 0.255 e. The lowest BCUT2D eigenvalue weighted by Crippen LogP contribution is -2.50. The first-order valence-electron chi connectivity index (χ1n) is 11.8. The molecular weight excluding hydrogens is 434 g/mol. The van der Waals surface area contributed by atoms with E-state index in [0.717, 1.165) is 5.56 Å². The highest BCUT2D eigenvalue weighted by atomic mass is 16.3. The second kappa shape index (κ2) is 9.97. The number of likely N-dealkylation sites (tertiary alicyclic amines) is 1. The van der Waals surface area contributed by atoms with Crippen LogP contribution in [0, 0.1) is 0 Å². The number of anilines is 1. The number of piperidine rings is 1. The van der Waals surface area contributed by atoms with Gasteiger partial charge in [-0.3, -0.25) is 19.0 Å². The molecule has 1 aromatic carbocycles. The molecule has 182 valence electrons. The maximum atomic E-state index is 12.8. The smallest absolute Gasteiger partial charge is 0.255 e. The third-order valence-electron chi connectivity index (χ3n) is 7.01. The first kappa shape index (κ1) is 23.9. The molecular formula is C25H33N5O4. The standard InChI is InChI=1S/C25H33N5O4/c1-19(20-6-4-3-5-7-20)14-22(31)28-10-8-25(34,9-11-28)17-30-18-26-21(15-23(30)32)29-13-12-27(2)24(33)16-29/h3-7,15,18-19,34H,8-14,16-17H2,1-2H3. The molecule has 1 aromatic heterocycles. The molecule has 0 bridgehead atoms. The zero-order chi connectivity index (χ0) is 24.3. The molecule has 9 nitrogen and oxygen atoms in total. The van der Waals surface area contributed by atoms with E-state index in [9.17, 15) is 19.5 Å². The molecule has 2 fully saturated rings. The number of carbonyl (C=O) groups is 2. The Labute approximate surface area is 199 Å². The van der Waals surface area contributed by atoms with Crippen molar-refractivity contribution in [1.29, 1.82) is 0 Å². The Morgan fingerprint density at radius 2 is 1.82 bits per heavy atom. The predicted octanol–water partition coefficient (Wildman–Crippen LogP) is 1.07. The van der Waals surface area contributed by atoms with Gasteiger partial charge in [0.2, 0.25) is 11.8 Å². The fourth-order valence-corrected chi connectivity index (χ4v) is 4.60. The number of hydrogen-bond donors (Lipinski definition) is 1. The van der Waals surface area contributed by atoms with Crippen molar-refractivity contribution in [3.8, 4) is 0 Å². The number of carbonyl (C=O) groups excluding carboxylic acids is 2. The molecule has 2 aromatic rings. The Morgan fingerprint density at radius 3 is 2.47 bits per heavy atom. The molecule has 3 heterocycles. The van der Waals surface area contributed by atoms with Gasteiger partial charge in [0.1, 0.15) is 5.82 Å². The Hall–Kier alpha value is -3.20. The van der Waals surface area contributed by atoms with Gasteiger partial charge in [0.05, 0.1) is 25.0 Å². The SMILES string of the molecule is CC(CC(=O)N1CCC(O)(Cn2cnc(N3CCN(C)C(=O)C3)cc2=O)CC1)c1ccccc1. The van der Waals surface area contributed by atoms with Crippen molar-refractivity contribution in [2.75, 3.05) is 44.7 Å². The van der Waals surface area contributed by atoms with Crippen LogP contribution in [0.4, 0.5) is 5.82 Å². The predicted molar refractivity (Wildman–Crippen MR) is 129 cm³/mol. The van der Waals surface area contributed by atoms with Crippen molar-refractivity contribution in [2.45, 2.75) is 44.2 Å². The average Bonchev–Trinajstić information content (AvgIpc) is 2.83. The number of aromatic nitrogens is 2. The number of benzene rings is 1. The molecule has 4 rings (SSSR count). The summed E-state index contributed by atoms with van der Waals surface area (Å²) in [4.78, 5) is 47.1. The minimum atomic E-state index is -1.07. The van der Waals surface area contributed by atoms with E-state index in [-0.39, 0.29) is 36.4 Å². The molecule has 34 heavy (non-hydrogen) atoms. The van der Waals surface area contributed by atoms with Gasteiger partial charge in [-0.05, 0) is 24.3 Å². The molecule has 1 unspecified atom stereocenters. The van der Waals surface area contributed by atoms with Crippen LogP contribution >= 0.6 is 0 Å². The Morgan fingerprint density at radius 1 is 1.12 bits per heavy atom.